The van der Waals surface area contributed by atoms with E-state index in [0.29, 0.717) is 0 Å². The van der Waals surface area contributed by atoms with Crippen LogP contribution >= 0.6 is 0 Å². The molecule has 0 saturated heterocycles. The van der Waals surface area contributed by atoms with E-state index in [9.17, 15) is 0 Å². The van der Waals surface area contributed by atoms with Crippen LogP contribution in [-0.4, -0.2) is 15.3 Å². The van der Waals surface area contributed by atoms with Gasteiger partial charge in [-0.15, -0.1) is 0 Å². The van der Waals surface area contributed by atoms with Crippen LogP contribution in [0.4, 0.5) is 5.69 Å². The minimum atomic E-state index is 0.921. The van der Waals surface area contributed by atoms with E-state index in [1.165, 1.54) is 0 Å². The Kier molecular flexibility index (Phi) is 3.67. The zero-order valence-electron chi connectivity index (χ0n) is 13.4. The van der Waals surface area contributed by atoms with Crippen molar-refractivity contribution in [3.63, 3.8) is 0 Å². The van der Waals surface area contributed by atoms with E-state index in [0.717, 1.165) is 33.7 Å². The van der Waals surface area contributed by atoms with Crippen LogP contribution < -0.4 is 0 Å². The van der Waals surface area contributed by atoms with Crippen molar-refractivity contribution in [3.8, 4) is 0 Å². The molecule has 0 aliphatic heterocycles. The molecule has 0 radical (unpaired) electrons. The highest BCUT2D eigenvalue weighted by Crippen LogP contribution is 2.20. The Morgan fingerprint density at radius 2 is 1.46 bits per heavy atom. The van der Waals surface area contributed by atoms with Crippen LogP contribution in [0, 0.1) is 6.92 Å². The molecule has 0 atom stereocenters. The fraction of sp³-hybridized carbons (Fsp3) is 0.0476. The van der Waals surface area contributed by atoms with E-state index >= 15 is 0 Å². The number of aromatic nitrogens is 2. The molecule has 0 unspecified atom stereocenters. The van der Waals surface area contributed by atoms with Crippen LogP contribution in [0.2, 0.25) is 0 Å². The van der Waals surface area contributed by atoms with Crippen LogP contribution in [0.25, 0.3) is 5.52 Å². The van der Waals surface area contributed by atoms with Crippen LogP contribution in [0.5, 0.6) is 0 Å². The van der Waals surface area contributed by atoms with Gasteiger partial charge in [-0.2, -0.15) is 5.10 Å². The summed E-state index contributed by atoms with van der Waals surface area (Å²) in [5, 5.41) is 4.42. The predicted octanol–water partition coefficient (Wildman–Crippen LogP) is 4.81. The molecule has 116 valence electrons. The molecule has 0 amide bonds. The fourth-order valence-electron chi connectivity index (χ4n) is 2.80. The summed E-state index contributed by atoms with van der Waals surface area (Å²) in [6.07, 6.45) is 1.95. The average Bonchev–Trinajstić information content (AvgIpc) is 3.00. The van der Waals surface area contributed by atoms with Crippen molar-refractivity contribution in [1.82, 2.24) is 9.61 Å². The Labute approximate surface area is 140 Å². The molecular formula is C21H17N3. The molecule has 0 bridgehead atoms. The summed E-state index contributed by atoms with van der Waals surface area (Å²) >= 11 is 0. The fourth-order valence-corrected chi connectivity index (χ4v) is 2.80. The van der Waals surface area contributed by atoms with Gasteiger partial charge in [0.05, 0.1) is 22.6 Å². The first-order valence-corrected chi connectivity index (χ1v) is 7.95. The second-order valence-electron chi connectivity index (χ2n) is 5.73. The number of hydrogen-bond acceptors (Lipinski definition) is 2. The maximum atomic E-state index is 4.93. The van der Waals surface area contributed by atoms with Crippen molar-refractivity contribution >= 4 is 16.9 Å². The number of aryl methyl sites for hydroxylation is 1. The third kappa shape index (κ3) is 2.84. The summed E-state index contributed by atoms with van der Waals surface area (Å²) in [5.74, 6) is 0. The van der Waals surface area contributed by atoms with Gasteiger partial charge in [-0.3, -0.25) is 0 Å². The molecule has 0 aliphatic carbocycles. The van der Waals surface area contributed by atoms with Crippen molar-refractivity contribution < 1.29 is 0 Å². The topological polar surface area (TPSA) is 29.7 Å². The number of fused-ring (bicyclic) bond motifs is 1. The van der Waals surface area contributed by atoms with Crippen molar-refractivity contribution in [2.45, 2.75) is 6.92 Å². The minimum Gasteiger partial charge on any atom is -0.248 e. The lowest BCUT2D eigenvalue weighted by atomic mass is 10.0. The second-order valence-corrected chi connectivity index (χ2v) is 5.73. The lowest BCUT2D eigenvalue weighted by Crippen LogP contribution is -2.02. The molecule has 4 aromatic rings. The number of nitrogens with zero attached hydrogens (tertiary/aromatic N) is 3. The molecule has 2 heterocycles. The van der Waals surface area contributed by atoms with Gasteiger partial charge in [-0.05, 0) is 25.1 Å². The molecule has 0 N–H and O–H groups in total. The van der Waals surface area contributed by atoms with Gasteiger partial charge < -0.3 is 0 Å². The van der Waals surface area contributed by atoms with Gasteiger partial charge in [0.2, 0.25) is 0 Å². The second kappa shape index (κ2) is 6.13. The van der Waals surface area contributed by atoms with Gasteiger partial charge >= 0.3 is 0 Å². The molecule has 0 saturated carbocycles. The third-order valence-electron chi connectivity index (χ3n) is 3.90. The number of rotatable bonds is 3. The largest absolute Gasteiger partial charge is 0.248 e. The third-order valence-corrected chi connectivity index (χ3v) is 3.90. The Morgan fingerprint density at radius 1 is 0.833 bits per heavy atom. The maximum absolute atomic E-state index is 4.93. The smallest absolute Gasteiger partial charge is 0.0781 e. The molecule has 24 heavy (non-hydrogen) atoms. The Morgan fingerprint density at radius 3 is 2.08 bits per heavy atom. The molecule has 0 aliphatic rings. The van der Waals surface area contributed by atoms with Crippen molar-refractivity contribution in [3.05, 3.63) is 102 Å². The van der Waals surface area contributed by atoms with Gasteiger partial charge in [-0.25, -0.2) is 9.51 Å². The molecule has 0 fully saturated rings. The van der Waals surface area contributed by atoms with Gasteiger partial charge in [0.15, 0.2) is 0 Å². The number of hydrogen-bond donors (Lipinski definition) is 0. The average molecular weight is 311 g/mol. The van der Waals surface area contributed by atoms with Crippen LogP contribution in [0.1, 0.15) is 16.8 Å². The molecule has 4 rings (SSSR count). The first-order valence-electron chi connectivity index (χ1n) is 7.95. The van der Waals surface area contributed by atoms with E-state index < -0.39 is 0 Å². The lowest BCUT2D eigenvalue weighted by Gasteiger charge is -2.08. The quantitative estimate of drug-likeness (QED) is 0.499. The van der Waals surface area contributed by atoms with E-state index in [1.807, 2.05) is 60.1 Å². The summed E-state index contributed by atoms with van der Waals surface area (Å²) in [6, 6.07) is 26.7. The number of aliphatic imine (C=N–C) groups is 1. The maximum Gasteiger partial charge on any atom is 0.0781 e. The van der Waals surface area contributed by atoms with Crippen LogP contribution in [-0.2, 0) is 0 Å². The van der Waals surface area contributed by atoms with Crippen molar-refractivity contribution in [2.75, 3.05) is 0 Å². The van der Waals surface area contributed by atoms with Crippen molar-refractivity contribution in [1.29, 1.82) is 0 Å². The highest BCUT2D eigenvalue weighted by Gasteiger charge is 2.07. The van der Waals surface area contributed by atoms with E-state index in [2.05, 4.69) is 41.5 Å². The molecule has 3 heteroatoms. The zero-order valence-corrected chi connectivity index (χ0v) is 13.4. The minimum absolute atomic E-state index is 0.921. The monoisotopic (exact) mass is 311 g/mol. The van der Waals surface area contributed by atoms with Gasteiger partial charge in [0.1, 0.15) is 0 Å². The summed E-state index contributed by atoms with van der Waals surface area (Å²) < 4.78 is 1.87. The van der Waals surface area contributed by atoms with Gasteiger partial charge in [0, 0.05) is 17.3 Å². The van der Waals surface area contributed by atoms with Gasteiger partial charge in [-0.1, -0.05) is 60.7 Å². The predicted molar refractivity (Wildman–Crippen MR) is 98.1 cm³/mol. The lowest BCUT2D eigenvalue weighted by molar-refractivity contribution is 0.934. The summed E-state index contributed by atoms with van der Waals surface area (Å²) in [4.78, 5) is 4.93. The van der Waals surface area contributed by atoms with Crippen LogP contribution in [0.15, 0.2) is 90.1 Å². The summed E-state index contributed by atoms with van der Waals surface area (Å²) in [5.41, 5.74) is 6.15. The van der Waals surface area contributed by atoms with E-state index in [1.54, 1.807) is 0 Å². The normalized spacial score (nSPS) is 10.7. The Hall–Kier alpha value is -3.20. The Bertz CT molecular complexity index is 958. The first-order chi connectivity index (χ1) is 11.8. The summed E-state index contributed by atoms with van der Waals surface area (Å²) in [6.45, 7) is 2.00. The number of pyridine rings is 1. The molecule has 2 aromatic heterocycles. The zero-order chi connectivity index (χ0) is 16.4. The molecular weight excluding hydrogens is 294 g/mol. The standard InChI is InChI=1S/C21H17N3/c1-16-14-20-15-19(12-13-24(20)23-16)22-21(17-8-4-2-5-9-17)18-10-6-3-7-11-18/h2-15H,1H3. The highest BCUT2D eigenvalue weighted by atomic mass is 15.2. The number of benzene rings is 2. The first kappa shape index (κ1) is 14.4. The van der Waals surface area contributed by atoms with Crippen molar-refractivity contribution in [2.24, 2.45) is 4.99 Å². The van der Waals surface area contributed by atoms with Gasteiger partial charge in [0.25, 0.3) is 0 Å². The van der Waals surface area contributed by atoms with E-state index in [4.69, 9.17) is 4.99 Å². The van der Waals surface area contributed by atoms with E-state index in [-0.39, 0.29) is 0 Å². The molecule has 0 spiro atoms. The molecule has 2 aromatic carbocycles. The summed E-state index contributed by atoms with van der Waals surface area (Å²) in [7, 11) is 0. The van der Waals surface area contributed by atoms with Crippen LogP contribution in [0.3, 0.4) is 0 Å². The highest BCUT2D eigenvalue weighted by molar-refractivity contribution is 6.13. The SMILES string of the molecule is Cc1cc2cc(N=C(c3ccccc3)c3ccccc3)ccn2n1. The Balaban J connectivity index is 1.86. The molecule has 3 nitrogen and oxygen atoms in total.